The number of phenolic OH excluding ortho intramolecular Hbond substituents is 1. The minimum absolute atomic E-state index is 0.0392. The summed E-state index contributed by atoms with van der Waals surface area (Å²) in [4.78, 5) is 12.4. The van der Waals surface area contributed by atoms with Crippen LogP contribution < -0.4 is 10.1 Å². The van der Waals surface area contributed by atoms with Gasteiger partial charge in [0.05, 0.1) is 8.95 Å². The molecule has 0 heterocycles. The van der Waals surface area contributed by atoms with E-state index in [1.807, 2.05) is 6.07 Å². The molecule has 0 aliphatic heterocycles. The van der Waals surface area contributed by atoms with Crippen LogP contribution in [0.3, 0.4) is 0 Å². The van der Waals surface area contributed by atoms with Crippen molar-refractivity contribution in [1.29, 1.82) is 5.26 Å². The predicted molar refractivity (Wildman–Crippen MR) is 123 cm³/mol. The van der Waals surface area contributed by atoms with Gasteiger partial charge in [-0.1, -0.05) is 18.2 Å². The number of amides is 1. The van der Waals surface area contributed by atoms with E-state index in [0.29, 0.717) is 31.5 Å². The van der Waals surface area contributed by atoms with Crippen LogP contribution in [0.15, 0.2) is 75.2 Å². The molecule has 0 aliphatic carbocycles. The second kappa shape index (κ2) is 10.2. The Kier molecular flexibility index (Phi) is 7.45. The fourth-order valence-electron chi connectivity index (χ4n) is 2.62. The van der Waals surface area contributed by atoms with E-state index in [2.05, 4.69) is 37.2 Å². The zero-order valence-electron chi connectivity index (χ0n) is 15.9. The third-order valence-electron chi connectivity index (χ3n) is 4.15. The van der Waals surface area contributed by atoms with Crippen molar-refractivity contribution in [2.24, 2.45) is 0 Å². The topological polar surface area (TPSA) is 82.3 Å². The molecule has 0 aromatic heterocycles. The number of hydrogen-bond donors (Lipinski definition) is 2. The van der Waals surface area contributed by atoms with Crippen molar-refractivity contribution in [3.05, 3.63) is 92.1 Å². The standard InChI is InChI=1S/C23H15Br2FN2O3/c24-19-10-14(9-16(12-27)23(30)28-17-5-7-18(29)8-6-17)11-20(25)22(19)31-13-15-3-1-2-4-21(15)26/h1-11,29H,13H2,(H,28,30)/b16-9+. The quantitative estimate of drug-likeness (QED) is 0.220. The second-order valence-electron chi connectivity index (χ2n) is 6.36. The molecule has 0 radical (unpaired) electrons. The maximum absolute atomic E-state index is 13.8. The molecule has 0 bridgehead atoms. The van der Waals surface area contributed by atoms with Crippen LogP contribution >= 0.6 is 31.9 Å². The van der Waals surface area contributed by atoms with Crippen LogP contribution in [0.1, 0.15) is 11.1 Å². The maximum Gasteiger partial charge on any atom is 0.266 e. The Bertz CT molecular complexity index is 1170. The summed E-state index contributed by atoms with van der Waals surface area (Å²) in [5, 5.41) is 21.3. The summed E-state index contributed by atoms with van der Waals surface area (Å²) in [7, 11) is 0. The molecule has 1 amide bonds. The minimum Gasteiger partial charge on any atom is -0.508 e. The van der Waals surface area contributed by atoms with Gasteiger partial charge in [0.15, 0.2) is 0 Å². The van der Waals surface area contributed by atoms with Crippen LogP contribution in [-0.2, 0) is 11.4 Å². The molecule has 0 atom stereocenters. The summed E-state index contributed by atoms with van der Waals surface area (Å²) in [6, 6.07) is 17.5. The van der Waals surface area contributed by atoms with Crippen molar-refractivity contribution in [3.8, 4) is 17.6 Å². The Morgan fingerprint density at radius 3 is 2.39 bits per heavy atom. The number of carbonyl (C=O) groups excluding carboxylic acids is 1. The zero-order chi connectivity index (χ0) is 22.4. The molecule has 5 nitrogen and oxygen atoms in total. The molecule has 31 heavy (non-hydrogen) atoms. The summed E-state index contributed by atoms with van der Waals surface area (Å²) in [6.07, 6.45) is 1.44. The average Bonchev–Trinajstić information content (AvgIpc) is 2.74. The Morgan fingerprint density at radius 2 is 1.77 bits per heavy atom. The van der Waals surface area contributed by atoms with E-state index in [4.69, 9.17) is 4.74 Å². The lowest BCUT2D eigenvalue weighted by atomic mass is 10.1. The van der Waals surface area contributed by atoms with Crippen LogP contribution in [-0.4, -0.2) is 11.0 Å². The number of carbonyl (C=O) groups is 1. The third-order valence-corrected chi connectivity index (χ3v) is 5.33. The van der Waals surface area contributed by atoms with Gasteiger partial charge in [-0.05, 0) is 86.0 Å². The summed E-state index contributed by atoms with van der Waals surface area (Å²) in [6.45, 7) is 0.0392. The molecule has 3 aromatic rings. The molecule has 156 valence electrons. The predicted octanol–water partition coefficient (Wildman–Crippen LogP) is 6.18. The number of benzene rings is 3. The van der Waals surface area contributed by atoms with Gasteiger partial charge in [-0.3, -0.25) is 4.79 Å². The monoisotopic (exact) mass is 544 g/mol. The smallest absolute Gasteiger partial charge is 0.266 e. The van der Waals surface area contributed by atoms with E-state index in [9.17, 15) is 19.6 Å². The van der Waals surface area contributed by atoms with E-state index >= 15 is 0 Å². The Labute approximate surface area is 195 Å². The lowest BCUT2D eigenvalue weighted by Crippen LogP contribution is -2.13. The lowest BCUT2D eigenvalue weighted by Gasteiger charge is -2.12. The summed E-state index contributed by atoms with van der Waals surface area (Å²) < 4.78 is 20.7. The summed E-state index contributed by atoms with van der Waals surface area (Å²) in [5.41, 5.74) is 1.34. The van der Waals surface area contributed by atoms with Gasteiger partial charge < -0.3 is 15.2 Å². The number of nitrogens with zero attached hydrogens (tertiary/aromatic N) is 1. The number of phenols is 1. The van der Waals surface area contributed by atoms with Gasteiger partial charge >= 0.3 is 0 Å². The van der Waals surface area contributed by atoms with Gasteiger partial charge in [0.2, 0.25) is 0 Å². The van der Waals surface area contributed by atoms with Gasteiger partial charge in [0.25, 0.3) is 5.91 Å². The van der Waals surface area contributed by atoms with E-state index in [0.717, 1.165) is 0 Å². The number of hydrogen-bond acceptors (Lipinski definition) is 4. The van der Waals surface area contributed by atoms with Crippen molar-refractivity contribution in [1.82, 2.24) is 0 Å². The number of aromatic hydroxyl groups is 1. The van der Waals surface area contributed by atoms with Gasteiger partial charge in [0, 0.05) is 11.3 Å². The lowest BCUT2D eigenvalue weighted by molar-refractivity contribution is -0.112. The highest BCUT2D eigenvalue weighted by molar-refractivity contribution is 9.11. The fraction of sp³-hybridized carbons (Fsp3) is 0.0435. The Morgan fingerprint density at radius 1 is 1.13 bits per heavy atom. The first-order valence-electron chi connectivity index (χ1n) is 8.95. The Hall–Kier alpha value is -3.15. The average molecular weight is 546 g/mol. The number of halogens is 3. The van der Waals surface area contributed by atoms with Crippen LogP contribution in [0.25, 0.3) is 6.08 Å². The van der Waals surface area contributed by atoms with E-state index < -0.39 is 5.91 Å². The van der Waals surface area contributed by atoms with Crippen molar-refractivity contribution in [2.75, 3.05) is 5.32 Å². The summed E-state index contributed by atoms with van der Waals surface area (Å²) in [5.74, 6) is -0.401. The van der Waals surface area contributed by atoms with Gasteiger partial charge in [-0.25, -0.2) is 4.39 Å². The third kappa shape index (κ3) is 5.94. The van der Waals surface area contributed by atoms with Crippen LogP contribution in [0, 0.1) is 17.1 Å². The minimum atomic E-state index is -0.583. The van der Waals surface area contributed by atoms with Crippen molar-refractivity contribution in [2.45, 2.75) is 6.61 Å². The fourth-order valence-corrected chi connectivity index (χ4v) is 4.08. The molecular weight excluding hydrogens is 531 g/mol. The van der Waals surface area contributed by atoms with Crippen molar-refractivity contribution >= 4 is 49.5 Å². The molecule has 3 rings (SSSR count). The van der Waals surface area contributed by atoms with E-state index in [1.165, 1.54) is 36.4 Å². The SMILES string of the molecule is N#C/C(=C\c1cc(Br)c(OCc2ccccc2F)c(Br)c1)C(=O)Nc1ccc(O)cc1. The molecular formula is C23H15Br2FN2O3. The van der Waals surface area contributed by atoms with Crippen molar-refractivity contribution in [3.63, 3.8) is 0 Å². The molecule has 8 heteroatoms. The van der Waals surface area contributed by atoms with Gasteiger partial charge in [0.1, 0.15) is 35.6 Å². The molecule has 0 saturated carbocycles. The molecule has 0 unspecified atom stereocenters. The van der Waals surface area contributed by atoms with E-state index in [1.54, 1.807) is 30.3 Å². The molecule has 0 saturated heterocycles. The largest absolute Gasteiger partial charge is 0.508 e. The number of ether oxygens (including phenoxy) is 1. The zero-order valence-corrected chi connectivity index (χ0v) is 19.1. The highest BCUT2D eigenvalue weighted by atomic mass is 79.9. The highest BCUT2D eigenvalue weighted by Crippen LogP contribution is 2.36. The van der Waals surface area contributed by atoms with Crippen LogP contribution in [0.5, 0.6) is 11.5 Å². The summed E-state index contributed by atoms with van der Waals surface area (Å²) >= 11 is 6.83. The van der Waals surface area contributed by atoms with Crippen LogP contribution in [0.2, 0.25) is 0 Å². The molecule has 0 spiro atoms. The van der Waals surface area contributed by atoms with Gasteiger partial charge in [-0.2, -0.15) is 5.26 Å². The molecule has 0 aliphatic rings. The maximum atomic E-state index is 13.8. The second-order valence-corrected chi connectivity index (χ2v) is 8.07. The Balaban J connectivity index is 1.77. The number of nitriles is 1. The highest BCUT2D eigenvalue weighted by Gasteiger charge is 2.13. The first-order valence-corrected chi connectivity index (χ1v) is 10.5. The molecule has 2 N–H and O–H groups in total. The normalized spacial score (nSPS) is 11.0. The number of nitrogens with one attached hydrogen (secondary N) is 1. The first kappa shape index (κ1) is 22.5. The molecule has 3 aromatic carbocycles. The number of rotatable bonds is 6. The first-order chi connectivity index (χ1) is 14.9. The van der Waals surface area contributed by atoms with Gasteiger partial charge in [-0.15, -0.1) is 0 Å². The van der Waals surface area contributed by atoms with Crippen LogP contribution in [0.4, 0.5) is 10.1 Å². The van der Waals surface area contributed by atoms with E-state index in [-0.39, 0.29) is 23.7 Å². The number of anilines is 1. The van der Waals surface area contributed by atoms with Crippen molar-refractivity contribution < 1.29 is 19.0 Å². The molecule has 0 fully saturated rings.